The second kappa shape index (κ2) is 5.38. The van der Waals surface area contributed by atoms with Gasteiger partial charge in [-0.1, -0.05) is 12.8 Å². The van der Waals surface area contributed by atoms with Gasteiger partial charge in [-0.15, -0.1) is 0 Å². The van der Waals surface area contributed by atoms with Crippen LogP contribution in [0, 0.1) is 0 Å². The highest BCUT2D eigenvalue weighted by atomic mass is 79.9. The summed E-state index contributed by atoms with van der Waals surface area (Å²) >= 11 is 3.40. The summed E-state index contributed by atoms with van der Waals surface area (Å²) in [5.74, 6) is 0.595. The van der Waals surface area contributed by atoms with Gasteiger partial charge in [0.1, 0.15) is 0 Å². The fourth-order valence-corrected chi connectivity index (χ4v) is 3.69. The van der Waals surface area contributed by atoms with Crippen LogP contribution in [0.4, 0.5) is 0 Å². The van der Waals surface area contributed by atoms with Gasteiger partial charge < -0.3 is 9.15 Å². The van der Waals surface area contributed by atoms with Crippen LogP contribution in [-0.4, -0.2) is 42.5 Å². The van der Waals surface area contributed by atoms with Crippen molar-refractivity contribution in [2.75, 3.05) is 26.3 Å². The van der Waals surface area contributed by atoms with E-state index in [9.17, 15) is 4.79 Å². The largest absolute Gasteiger partial charge is 0.460 e. The predicted octanol–water partition coefficient (Wildman–Crippen LogP) is 2.87. The van der Waals surface area contributed by atoms with Crippen molar-refractivity contribution in [2.45, 2.75) is 31.2 Å². The molecule has 0 atom stereocenters. The maximum absolute atomic E-state index is 12.9. The summed E-state index contributed by atoms with van der Waals surface area (Å²) in [6, 6.07) is 1.79. The lowest BCUT2D eigenvalue weighted by Crippen LogP contribution is -2.56. The minimum absolute atomic E-state index is 0.128. The Labute approximate surface area is 121 Å². The van der Waals surface area contributed by atoms with Crippen LogP contribution in [0.5, 0.6) is 0 Å². The third-order valence-electron chi connectivity index (χ3n) is 4.29. The molecule has 1 saturated carbocycles. The molecule has 5 heteroatoms. The Bertz CT molecular complexity index is 459. The molecule has 0 amide bonds. The Hall–Kier alpha value is -0.650. The third kappa shape index (κ3) is 2.28. The molecule has 1 aromatic heterocycles. The lowest BCUT2D eigenvalue weighted by atomic mass is 9.88. The topological polar surface area (TPSA) is 42.7 Å². The SMILES string of the molecule is O=C(c1occc1Br)C1(N2CCOCC2)CCCC1. The first kappa shape index (κ1) is 13.3. The average molecular weight is 328 g/mol. The molecule has 3 rings (SSSR count). The Morgan fingerprint density at radius 1 is 1.26 bits per heavy atom. The van der Waals surface area contributed by atoms with Gasteiger partial charge in [0.25, 0.3) is 0 Å². The van der Waals surface area contributed by atoms with Gasteiger partial charge in [0, 0.05) is 13.1 Å². The fourth-order valence-electron chi connectivity index (χ4n) is 3.31. The molecule has 1 aliphatic carbocycles. The standard InChI is InChI=1S/C14H18BrNO3/c15-11-3-8-19-12(11)13(17)14(4-1-2-5-14)16-6-9-18-10-7-16/h3,8H,1-2,4-7,9-10H2. The van der Waals surface area contributed by atoms with Crippen molar-refractivity contribution >= 4 is 21.7 Å². The van der Waals surface area contributed by atoms with Gasteiger partial charge in [-0.05, 0) is 34.8 Å². The van der Waals surface area contributed by atoms with Crippen LogP contribution < -0.4 is 0 Å². The number of furan rings is 1. The van der Waals surface area contributed by atoms with Crippen molar-refractivity contribution in [1.29, 1.82) is 0 Å². The molecule has 1 saturated heterocycles. The molecule has 2 heterocycles. The molecule has 1 aliphatic heterocycles. The monoisotopic (exact) mass is 327 g/mol. The maximum Gasteiger partial charge on any atom is 0.219 e. The van der Waals surface area contributed by atoms with E-state index in [4.69, 9.17) is 9.15 Å². The Balaban J connectivity index is 1.91. The molecule has 2 aliphatic rings. The van der Waals surface area contributed by atoms with Gasteiger partial charge in [-0.3, -0.25) is 9.69 Å². The molecule has 0 bridgehead atoms. The molecule has 104 valence electrons. The van der Waals surface area contributed by atoms with Crippen LogP contribution >= 0.6 is 15.9 Å². The summed E-state index contributed by atoms with van der Waals surface area (Å²) in [4.78, 5) is 15.3. The number of Topliss-reactive ketones (excluding diaryl/α,β-unsaturated/α-hetero) is 1. The number of nitrogens with zero attached hydrogens (tertiary/aromatic N) is 1. The minimum Gasteiger partial charge on any atom is -0.460 e. The molecular weight excluding hydrogens is 310 g/mol. The van der Waals surface area contributed by atoms with Gasteiger partial charge in [-0.2, -0.15) is 0 Å². The smallest absolute Gasteiger partial charge is 0.219 e. The molecular formula is C14H18BrNO3. The van der Waals surface area contributed by atoms with E-state index in [1.807, 2.05) is 0 Å². The van der Waals surface area contributed by atoms with Gasteiger partial charge in [0.05, 0.1) is 29.5 Å². The van der Waals surface area contributed by atoms with Crippen LogP contribution in [0.1, 0.15) is 36.2 Å². The van der Waals surface area contributed by atoms with Crippen LogP contribution in [-0.2, 0) is 4.74 Å². The zero-order valence-corrected chi connectivity index (χ0v) is 12.4. The van der Waals surface area contributed by atoms with Gasteiger partial charge in [0.15, 0.2) is 5.76 Å². The molecule has 1 aromatic rings. The van der Waals surface area contributed by atoms with Gasteiger partial charge >= 0.3 is 0 Å². The summed E-state index contributed by atoms with van der Waals surface area (Å²) in [5, 5.41) is 0. The van der Waals surface area contributed by atoms with E-state index >= 15 is 0 Å². The van der Waals surface area contributed by atoms with Crippen molar-refractivity contribution < 1.29 is 13.9 Å². The summed E-state index contributed by atoms with van der Waals surface area (Å²) in [5.41, 5.74) is -0.371. The highest BCUT2D eigenvalue weighted by molar-refractivity contribution is 9.10. The number of ketones is 1. The highest BCUT2D eigenvalue weighted by Gasteiger charge is 2.48. The molecule has 2 fully saturated rings. The van der Waals surface area contributed by atoms with E-state index in [1.165, 1.54) is 0 Å². The van der Waals surface area contributed by atoms with Crippen molar-refractivity contribution in [3.8, 4) is 0 Å². The number of hydrogen-bond donors (Lipinski definition) is 0. The Morgan fingerprint density at radius 2 is 1.95 bits per heavy atom. The Morgan fingerprint density at radius 3 is 2.53 bits per heavy atom. The van der Waals surface area contributed by atoms with Crippen molar-refractivity contribution in [1.82, 2.24) is 4.90 Å². The summed E-state index contributed by atoms with van der Waals surface area (Å²) in [7, 11) is 0. The Kier molecular flexibility index (Phi) is 3.78. The number of carbonyl (C=O) groups is 1. The number of hydrogen-bond acceptors (Lipinski definition) is 4. The van der Waals surface area contributed by atoms with Crippen LogP contribution in [0.25, 0.3) is 0 Å². The lowest BCUT2D eigenvalue weighted by molar-refractivity contribution is -0.0140. The number of halogens is 1. The van der Waals surface area contributed by atoms with Gasteiger partial charge in [-0.25, -0.2) is 0 Å². The van der Waals surface area contributed by atoms with E-state index < -0.39 is 0 Å². The summed E-state index contributed by atoms with van der Waals surface area (Å²) < 4.78 is 11.6. The van der Waals surface area contributed by atoms with Crippen molar-refractivity contribution in [3.05, 3.63) is 22.6 Å². The molecule has 0 N–H and O–H groups in total. The zero-order valence-electron chi connectivity index (χ0n) is 10.9. The van der Waals surface area contributed by atoms with Crippen LogP contribution in [0.3, 0.4) is 0 Å². The maximum atomic E-state index is 12.9. The van der Waals surface area contributed by atoms with E-state index in [2.05, 4.69) is 20.8 Å². The van der Waals surface area contributed by atoms with Crippen molar-refractivity contribution in [2.24, 2.45) is 0 Å². The molecule has 0 radical (unpaired) electrons. The minimum atomic E-state index is -0.371. The van der Waals surface area contributed by atoms with Gasteiger partial charge in [0.2, 0.25) is 5.78 Å². The number of rotatable bonds is 3. The van der Waals surface area contributed by atoms with E-state index in [1.54, 1.807) is 12.3 Å². The van der Waals surface area contributed by atoms with E-state index in [0.29, 0.717) is 19.0 Å². The number of ether oxygens (including phenoxy) is 1. The molecule has 0 unspecified atom stereocenters. The molecule has 4 nitrogen and oxygen atoms in total. The highest BCUT2D eigenvalue weighted by Crippen LogP contribution is 2.39. The quantitative estimate of drug-likeness (QED) is 0.800. The number of morpholine rings is 1. The first-order valence-corrected chi connectivity index (χ1v) is 7.64. The second-order valence-corrected chi connectivity index (χ2v) is 6.12. The summed E-state index contributed by atoms with van der Waals surface area (Å²) in [6.45, 7) is 3.11. The molecule has 19 heavy (non-hydrogen) atoms. The van der Waals surface area contributed by atoms with E-state index in [-0.39, 0.29) is 11.3 Å². The summed E-state index contributed by atoms with van der Waals surface area (Å²) in [6.07, 6.45) is 5.65. The van der Waals surface area contributed by atoms with E-state index in [0.717, 1.165) is 43.2 Å². The molecule has 0 aromatic carbocycles. The zero-order chi connectivity index (χ0) is 13.3. The van der Waals surface area contributed by atoms with Crippen molar-refractivity contribution in [3.63, 3.8) is 0 Å². The first-order chi connectivity index (χ1) is 9.24. The fraction of sp³-hybridized carbons (Fsp3) is 0.643. The number of carbonyl (C=O) groups excluding carboxylic acids is 1. The average Bonchev–Trinajstić information content (AvgIpc) is 3.08. The molecule has 0 spiro atoms. The van der Waals surface area contributed by atoms with Crippen LogP contribution in [0.2, 0.25) is 0 Å². The lowest BCUT2D eigenvalue weighted by Gasteiger charge is -2.41. The second-order valence-electron chi connectivity index (χ2n) is 5.26. The predicted molar refractivity (Wildman–Crippen MR) is 74.3 cm³/mol. The normalized spacial score (nSPS) is 23.6. The first-order valence-electron chi connectivity index (χ1n) is 6.85. The third-order valence-corrected chi connectivity index (χ3v) is 4.92. The van der Waals surface area contributed by atoms with Crippen LogP contribution in [0.15, 0.2) is 21.2 Å².